The Morgan fingerprint density at radius 1 is 1.53 bits per heavy atom. The molecule has 0 aliphatic carbocycles. The smallest absolute Gasteiger partial charge is 0.307 e. The van der Waals surface area contributed by atoms with Gasteiger partial charge in [0.2, 0.25) is 0 Å². The molecule has 0 saturated carbocycles. The summed E-state index contributed by atoms with van der Waals surface area (Å²) in [6, 6.07) is 1.35. The quantitative estimate of drug-likeness (QED) is 0.566. The average Bonchev–Trinajstić information content (AvgIpc) is 2.30. The Morgan fingerprint density at radius 3 is 2.76 bits per heavy atom. The van der Waals surface area contributed by atoms with Gasteiger partial charge in [0.25, 0.3) is 0 Å². The number of halogens is 2. The van der Waals surface area contributed by atoms with E-state index >= 15 is 0 Å². The number of nitrogen functional groups attached to an aromatic ring is 2. The number of carbonyl (C=O) groups excluding carboxylic acids is 1. The molecule has 0 fully saturated rings. The molecule has 0 aliphatic rings. The van der Waals surface area contributed by atoms with Crippen LogP contribution in [0, 0.1) is 5.82 Å². The zero-order chi connectivity index (χ0) is 13.0. The fourth-order valence-corrected chi connectivity index (χ4v) is 1.39. The van der Waals surface area contributed by atoms with Crippen LogP contribution in [0.5, 0.6) is 0 Å². The normalized spacial score (nSPS) is 10.1. The molecule has 0 bridgehead atoms. The monoisotopic (exact) mass is 261 g/mol. The van der Waals surface area contributed by atoms with E-state index in [-0.39, 0.29) is 35.1 Å². The highest BCUT2D eigenvalue weighted by atomic mass is 35.5. The Kier molecular flexibility index (Phi) is 4.39. The van der Waals surface area contributed by atoms with Crippen LogP contribution in [-0.4, -0.2) is 19.6 Å². The fourth-order valence-electron chi connectivity index (χ4n) is 1.24. The van der Waals surface area contributed by atoms with Gasteiger partial charge in [0.15, 0.2) is 5.82 Å². The van der Waals surface area contributed by atoms with Crippen LogP contribution in [-0.2, 0) is 9.53 Å². The summed E-state index contributed by atoms with van der Waals surface area (Å²) in [4.78, 5) is 10.9. The summed E-state index contributed by atoms with van der Waals surface area (Å²) >= 11 is 5.64. The van der Waals surface area contributed by atoms with Crippen molar-refractivity contribution in [2.45, 2.75) is 6.42 Å². The van der Waals surface area contributed by atoms with Gasteiger partial charge in [-0.2, -0.15) is 0 Å². The highest BCUT2D eigenvalue weighted by Gasteiger charge is 2.14. The van der Waals surface area contributed by atoms with Crippen LogP contribution in [0.3, 0.4) is 0 Å². The first-order valence-electron chi connectivity index (χ1n) is 4.81. The first-order valence-corrected chi connectivity index (χ1v) is 5.18. The third kappa shape index (κ3) is 3.13. The van der Waals surface area contributed by atoms with Gasteiger partial charge < -0.3 is 21.5 Å². The lowest BCUT2D eigenvalue weighted by Gasteiger charge is -2.12. The van der Waals surface area contributed by atoms with E-state index in [1.165, 1.54) is 13.2 Å². The molecule has 0 amide bonds. The van der Waals surface area contributed by atoms with Crippen molar-refractivity contribution in [3.8, 4) is 0 Å². The van der Waals surface area contributed by atoms with Crippen LogP contribution in [0.4, 0.5) is 21.5 Å². The Balaban J connectivity index is 2.78. The van der Waals surface area contributed by atoms with E-state index in [0.29, 0.717) is 0 Å². The maximum atomic E-state index is 13.7. The largest absolute Gasteiger partial charge is 0.469 e. The zero-order valence-corrected chi connectivity index (χ0v) is 9.97. The van der Waals surface area contributed by atoms with Crippen molar-refractivity contribution >= 4 is 34.6 Å². The molecule has 94 valence electrons. The van der Waals surface area contributed by atoms with Gasteiger partial charge >= 0.3 is 5.97 Å². The lowest BCUT2D eigenvalue weighted by molar-refractivity contribution is -0.140. The number of methoxy groups -OCH3 is 1. The third-order valence-electron chi connectivity index (χ3n) is 2.12. The maximum Gasteiger partial charge on any atom is 0.307 e. The van der Waals surface area contributed by atoms with Crippen molar-refractivity contribution in [2.75, 3.05) is 30.4 Å². The molecular formula is C10H13ClFN3O2. The Morgan fingerprint density at radius 2 is 2.18 bits per heavy atom. The minimum atomic E-state index is -0.728. The van der Waals surface area contributed by atoms with Gasteiger partial charge in [-0.05, 0) is 6.07 Å². The van der Waals surface area contributed by atoms with Crippen molar-refractivity contribution in [2.24, 2.45) is 0 Å². The number of anilines is 3. The second kappa shape index (κ2) is 5.58. The van der Waals surface area contributed by atoms with E-state index in [1.54, 1.807) is 0 Å². The Labute approximate surface area is 103 Å². The second-order valence-electron chi connectivity index (χ2n) is 3.31. The molecule has 17 heavy (non-hydrogen) atoms. The third-order valence-corrected chi connectivity index (χ3v) is 2.51. The minimum Gasteiger partial charge on any atom is -0.469 e. The van der Waals surface area contributed by atoms with Crippen LogP contribution < -0.4 is 16.8 Å². The van der Waals surface area contributed by atoms with Crippen molar-refractivity contribution in [1.29, 1.82) is 0 Å². The van der Waals surface area contributed by atoms with Gasteiger partial charge in [-0.25, -0.2) is 4.39 Å². The molecule has 0 aliphatic heterocycles. The van der Waals surface area contributed by atoms with Gasteiger partial charge in [0.1, 0.15) is 5.02 Å². The number of benzene rings is 1. The number of carbonyl (C=O) groups is 1. The maximum absolute atomic E-state index is 13.7. The molecule has 0 heterocycles. The molecule has 0 aromatic heterocycles. The highest BCUT2D eigenvalue weighted by Crippen LogP contribution is 2.33. The lowest BCUT2D eigenvalue weighted by Crippen LogP contribution is -2.12. The molecule has 1 aromatic rings. The number of esters is 1. The number of nitrogens with two attached hydrogens (primary N) is 2. The summed E-state index contributed by atoms with van der Waals surface area (Å²) in [5.41, 5.74) is 11.3. The van der Waals surface area contributed by atoms with Gasteiger partial charge in [-0.3, -0.25) is 4.79 Å². The molecule has 1 rings (SSSR count). The van der Waals surface area contributed by atoms with Gasteiger partial charge in [0.05, 0.1) is 30.6 Å². The van der Waals surface area contributed by atoms with Gasteiger partial charge in [0, 0.05) is 6.54 Å². The van der Waals surface area contributed by atoms with Crippen molar-refractivity contribution in [3.63, 3.8) is 0 Å². The Bertz CT molecular complexity index is 440. The van der Waals surface area contributed by atoms with Crippen LogP contribution in [0.15, 0.2) is 6.07 Å². The number of ether oxygens (including phenoxy) is 1. The first-order chi connectivity index (χ1) is 7.97. The average molecular weight is 262 g/mol. The van der Waals surface area contributed by atoms with Crippen molar-refractivity contribution in [3.05, 3.63) is 16.9 Å². The molecule has 5 N–H and O–H groups in total. The summed E-state index contributed by atoms with van der Waals surface area (Å²) in [6.45, 7) is 0.189. The summed E-state index contributed by atoms with van der Waals surface area (Å²) in [6.07, 6.45) is 0.0946. The molecule has 0 atom stereocenters. The summed E-state index contributed by atoms with van der Waals surface area (Å²) in [7, 11) is 1.28. The molecular weight excluding hydrogens is 249 g/mol. The number of hydrogen-bond donors (Lipinski definition) is 3. The van der Waals surface area contributed by atoms with E-state index in [4.69, 9.17) is 23.1 Å². The van der Waals surface area contributed by atoms with Crippen LogP contribution in [0.1, 0.15) is 6.42 Å². The summed E-state index contributed by atoms with van der Waals surface area (Å²) in [5, 5.41) is 2.48. The van der Waals surface area contributed by atoms with Gasteiger partial charge in [-0.15, -0.1) is 0 Å². The number of rotatable bonds is 4. The molecule has 0 unspecified atom stereocenters. The first kappa shape index (κ1) is 13.4. The minimum absolute atomic E-state index is 0.0353. The van der Waals surface area contributed by atoms with E-state index in [1.807, 2.05) is 0 Å². The second-order valence-corrected chi connectivity index (χ2v) is 3.69. The SMILES string of the molecule is COC(=O)CCNc1c(N)cc(N)c(Cl)c1F. The van der Waals surface area contributed by atoms with Crippen LogP contribution >= 0.6 is 11.6 Å². The van der Waals surface area contributed by atoms with Crippen LogP contribution in [0.25, 0.3) is 0 Å². The predicted molar refractivity (Wildman–Crippen MR) is 65.4 cm³/mol. The molecule has 0 radical (unpaired) electrons. The molecule has 5 nitrogen and oxygen atoms in total. The van der Waals surface area contributed by atoms with E-state index in [0.717, 1.165) is 0 Å². The number of nitrogens with one attached hydrogen (secondary N) is 1. The Hall–Kier alpha value is -1.69. The van der Waals surface area contributed by atoms with Crippen molar-refractivity contribution in [1.82, 2.24) is 0 Å². The lowest BCUT2D eigenvalue weighted by atomic mass is 10.2. The summed E-state index contributed by atoms with van der Waals surface area (Å²) < 4.78 is 18.1. The van der Waals surface area contributed by atoms with E-state index in [2.05, 4.69) is 10.1 Å². The standard InChI is InChI=1S/C10H13ClFN3O2/c1-17-7(16)2-3-15-10-6(14)4-5(13)8(11)9(10)12/h4,15H,2-3,13-14H2,1H3. The predicted octanol–water partition coefficient (Wildman–Crippen LogP) is 1.62. The molecule has 0 saturated heterocycles. The van der Waals surface area contributed by atoms with E-state index < -0.39 is 11.8 Å². The topological polar surface area (TPSA) is 90.4 Å². The highest BCUT2D eigenvalue weighted by molar-refractivity contribution is 6.33. The van der Waals surface area contributed by atoms with Crippen LogP contribution in [0.2, 0.25) is 5.02 Å². The van der Waals surface area contributed by atoms with Crippen molar-refractivity contribution < 1.29 is 13.9 Å². The van der Waals surface area contributed by atoms with Gasteiger partial charge in [-0.1, -0.05) is 11.6 Å². The fraction of sp³-hybridized carbons (Fsp3) is 0.300. The molecule has 7 heteroatoms. The van der Waals surface area contributed by atoms with E-state index in [9.17, 15) is 9.18 Å². The summed E-state index contributed by atoms with van der Waals surface area (Å²) in [5.74, 6) is -1.13. The zero-order valence-electron chi connectivity index (χ0n) is 9.22. The number of hydrogen-bond acceptors (Lipinski definition) is 5. The molecule has 0 spiro atoms. The molecule has 1 aromatic carbocycles.